The first-order valence-corrected chi connectivity index (χ1v) is 14.3. The van der Waals surface area contributed by atoms with Gasteiger partial charge in [-0.2, -0.15) is 0 Å². The number of benzene rings is 3. The van der Waals surface area contributed by atoms with Crippen LogP contribution >= 0.6 is 0 Å². The fourth-order valence-electron chi connectivity index (χ4n) is 5.29. The number of anilines is 1. The number of piperazine rings is 1. The summed E-state index contributed by atoms with van der Waals surface area (Å²) in [7, 11) is 0. The van der Waals surface area contributed by atoms with Crippen molar-refractivity contribution < 1.29 is 27.4 Å². The molecule has 1 atom stereocenters. The van der Waals surface area contributed by atoms with E-state index in [1.54, 1.807) is 35.6 Å². The number of carbonyl (C=O) groups excluding carboxylic acids is 1. The number of nitrogens with zero attached hydrogens (tertiary/aromatic N) is 5. The summed E-state index contributed by atoms with van der Waals surface area (Å²) in [5, 5.41) is 0. The van der Waals surface area contributed by atoms with Crippen molar-refractivity contribution in [3.63, 3.8) is 0 Å². The lowest BCUT2D eigenvalue weighted by atomic mass is 10.0. The molecule has 0 N–H and O–H groups in total. The van der Waals surface area contributed by atoms with Crippen molar-refractivity contribution in [2.45, 2.75) is 51.7 Å². The molecule has 1 amide bonds. The Morgan fingerprint density at radius 1 is 1.02 bits per heavy atom. The lowest BCUT2D eigenvalue weighted by Crippen LogP contribution is -2.56. The first-order chi connectivity index (χ1) is 21.2. The van der Waals surface area contributed by atoms with Gasteiger partial charge in [0.1, 0.15) is 17.2 Å². The zero-order valence-electron chi connectivity index (χ0n) is 24.2. The summed E-state index contributed by atoms with van der Waals surface area (Å²) in [6.07, 6.45) is 1.42. The lowest BCUT2D eigenvalue weighted by molar-refractivity contribution is -0.274. The molecule has 44 heavy (non-hydrogen) atoms. The summed E-state index contributed by atoms with van der Waals surface area (Å²) < 4.78 is 50.4. The number of carbonyl (C=O) groups is 1. The number of para-hydroxylation sites is 1. The third-order valence-electron chi connectivity index (χ3n) is 7.43. The van der Waals surface area contributed by atoms with Gasteiger partial charge in [-0.1, -0.05) is 50.1 Å². The predicted octanol–water partition coefficient (Wildman–Crippen LogP) is 7.58. The Hall–Kier alpha value is -4.82. The van der Waals surface area contributed by atoms with Crippen molar-refractivity contribution in [1.82, 2.24) is 14.5 Å². The summed E-state index contributed by atoms with van der Waals surface area (Å²) >= 11 is 0. The van der Waals surface area contributed by atoms with Gasteiger partial charge in [-0.25, -0.2) is 9.83 Å². The third-order valence-corrected chi connectivity index (χ3v) is 7.43. The highest BCUT2D eigenvalue weighted by Crippen LogP contribution is 2.33. The number of aromatic nitrogens is 2. The van der Waals surface area contributed by atoms with Crippen LogP contribution in [0, 0.1) is 6.57 Å². The molecule has 0 saturated carbocycles. The highest BCUT2D eigenvalue weighted by atomic mass is 19.4. The van der Waals surface area contributed by atoms with Crippen molar-refractivity contribution in [1.29, 1.82) is 0 Å². The molecule has 1 aliphatic rings. The maximum Gasteiger partial charge on any atom is 0.573 e. The fraction of sp³-hybridized carbons (Fsp3) is 0.303. The van der Waals surface area contributed by atoms with Crippen molar-refractivity contribution in [3.05, 3.63) is 108 Å². The molecule has 2 heterocycles. The normalized spacial score (nSPS) is 15.7. The Kier molecular flexibility index (Phi) is 9.50. The zero-order valence-corrected chi connectivity index (χ0v) is 24.2. The van der Waals surface area contributed by atoms with Crippen molar-refractivity contribution in [2.24, 2.45) is 0 Å². The van der Waals surface area contributed by atoms with E-state index in [0.29, 0.717) is 42.5 Å². The molecule has 3 aromatic carbocycles. The van der Waals surface area contributed by atoms with E-state index in [2.05, 4.69) is 26.4 Å². The molecule has 1 aliphatic heterocycles. The van der Waals surface area contributed by atoms with Gasteiger partial charge < -0.3 is 18.9 Å². The van der Waals surface area contributed by atoms with Gasteiger partial charge in [0, 0.05) is 43.6 Å². The van der Waals surface area contributed by atoms with Gasteiger partial charge in [0.05, 0.1) is 25.1 Å². The number of hydrogen-bond acceptors (Lipinski definition) is 5. The van der Waals surface area contributed by atoms with Crippen molar-refractivity contribution >= 4 is 17.3 Å². The number of imidazole rings is 1. The number of rotatable bonds is 11. The molecule has 11 heteroatoms. The molecule has 1 aromatic heterocycles. The van der Waals surface area contributed by atoms with Crippen LogP contribution in [0.3, 0.4) is 0 Å². The molecule has 228 valence electrons. The number of amides is 1. The first-order valence-electron chi connectivity index (χ1n) is 14.3. The van der Waals surface area contributed by atoms with Gasteiger partial charge in [0.25, 0.3) is 0 Å². The first kappa shape index (κ1) is 30.6. The van der Waals surface area contributed by atoms with Crippen LogP contribution in [0.5, 0.6) is 17.2 Å². The van der Waals surface area contributed by atoms with Gasteiger partial charge in [0.15, 0.2) is 0 Å². The second-order valence-corrected chi connectivity index (χ2v) is 10.6. The van der Waals surface area contributed by atoms with E-state index in [-0.39, 0.29) is 24.2 Å². The van der Waals surface area contributed by atoms with E-state index in [1.165, 1.54) is 18.2 Å². The van der Waals surface area contributed by atoms with Crippen LogP contribution < -0.4 is 14.4 Å². The fourth-order valence-corrected chi connectivity index (χ4v) is 5.29. The molecule has 4 aromatic rings. The van der Waals surface area contributed by atoms with E-state index in [1.807, 2.05) is 41.0 Å². The predicted molar refractivity (Wildman–Crippen MR) is 160 cm³/mol. The van der Waals surface area contributed by atoms with E-state index >= 15 is 0 Å². The average molecular weight is 604 g/mol. The number of halogens is 3. The molecular weight excluding hydrogens is 571 g/mol. The quantitative estimate of drug-likeness (QED) is 0.165. The summed E-state index contributed by atoms with van der Waals surface area (Å²) in [6, 6.07) is 20.3. The minimum atomic E-state index is -4.82. The topological polar surface area (TPSA) is 64.2 Å². The summed E-state index contributed by atoms with van der Waals surface area (Å²) in [5.41, 5.74) is 2.58. The second-order valence-electron chi connectivity index (χ2n) is 10.6. The van der Waals surface area contributed by atoms with Crippen molar-refractivity contribution in [3.8, 4) is 17.2 Å². The number of hydrogen-bond donors (Lipinski definition) is 0. The van der Waals surface area contributed by atoms with Crippen LogP contribution in [-0.4, -0.2) is 45.9 Å². The Balaban J connectivity index is 1.30. The molecule has 0 bridgehead atoms. The second kappa shape index (κ2) is 13.7. The Morgan fingerprint density at radius 3 is 2.57 bits per heavy atom. The molecule has 8 nitrogen and oxygen atoms in total. The summed E-state index contributed by atoms with van der Waals surface area (Å²) in [6.45, 7) is 11.2. The summed E-state index contributed by atoms with van der Waals surface area (Å²) in [5.74, 6) is 0.562. The average Bonchev–Trinajstić information content (AvgIpc) is 3.43. The highest BCUT2D eigenvalue weighted by Gasteiger charge is 2.34. The summed E-state index contributed by atoms with van der Waals surface area (Å²) in [4.78, 5) is 25.0. The van der Waals surface area contributed by atoms with E-state index < -0.39 is 6.36 Å². The molecule has 0 aliphatic carbocycles. The van der Waals surface area contributed by atoms with Gasteiger partial charge in [-0.05, 0) is 48.4 Å². The van der Waals surface area contributed by atoms with Gasteiger partial charge in [0.2, 0.25) is 11.6 Å². The van der Waals surface area contributed by atoms with E-state index in [4.69, 9.17) is 11.3 Å². The van der Waals surface area contributed by atoms with Crippen LogP contribution in [0.25, 0.3) is 4.85 Å². The van der Waals surface area contributed by atoms with Crippen molar-refractivity contribution in [2.75, 3.05) is 18.0 Å². The van der Waals surface area contributed by atoms with Crippen LogP contribution in [-0.2, 0) is 17.9 Å². The van der Waals surface area contributed by atoms with Crippen LogP contribution in [0.2, 0.25) is 0 Å². The number of unbranched alkanes of at least 4 members (excludes halogenated alkanes) is 1. The Bertz CT molecular complexity index is 1620. The molecule has 1 saturated heterocycles. The molecule has 0 spiro atoms. The smallest absolute Gasteiger partial charge is 0.468 e. The van der Waals surface area contributed by atoms with Crippen LogP contribution in [0.15, 0.2) is 85.3 Å². The molecule has 1 fully saturated rings. The highest BCUT2D eigenvalue weighted by molar-refractivity contribution is 5.95. The maximum absolute atomic E-state index is 13.3. The number of ether oxygens (including phenoxy) is 2. The standard InChI is InChI=1S/C33H32F3N5O3/c1-3-4-9-26-21-41(25-10-8-13-29(17-25)44-33(34,35)36)32(42)22-39(26)20-27-18-38-23-40(27)19-24-14-15-31(30(16-24)37-2)43-28-11-6-5-7-12-28/h5-8,10-18,23,26H,3-4,9,19-22H2,1H3/t26-/m0/s1. The molecule has 5 rings (SSSR count). The van der Waals surface area contributed by atoms with Crippen LogP contribution in [0.1, 0.15) is 37.4 Å². The Morgan fingerprint density at radius 2 is 1.82 bits per heavy atom. The van der Waals surface area contributed by atoms with Gasteiger partial charge in [-0.3, -0.25) is 9.69 Å². The van der Waals surface area contributed by atoms with E-state index in [0.717, 1.165) is 30.5 Å². The molecular formula is C33H32F3N5O3. The third kappa shape index (κ3) is 7.76. The monoisotopic (exact) mass is 603 g/mol. The SMILES string of the molecule is [C-]#[N+]c1cc(Cn2cncc2CN2CC(=O)N(c3cccc(OC(F)(F)F)c3)C[C@@H]2CCCC)ccc1Oc1ccccc1. The largest absolute Gasteiger partial charge is 0.573 e. The zero-order chi connectivity index (χ0) is 31.1. The maximum atomic E-state index is 13.3. The van der Waals surface area contributed by atoms with Gasteiger partial charge >= 0.3 is 6.36 Å². The Labute approximate surface area is 254 Å². The molecule has 0 unspecified atom stereocenters. The van der Waals surface area contributed by atoms with Crippen LogP contribution in [0.4, 0.5) is 24.5 Å². The lowest BCUT2D eigenvalue weighted by Gasteiger charge is -2.41. The minimum absolute atomic E-state index is 0.00803. The molecule has 0 radical (unpaired) electrons. The minimum Gasteiger partial charge on any atom is -0.468 e. The van der Waals surface area contributed by atoms with Gasteiger partial charge in [-0.15, -0.1) is 13.2 Å². The number of alkyl halides is 3. The van der Waals surface area contributed by atoms with E-state index in [9.17, 15) is 18.0 Å².